The van der Waals surface area contributed by atoms with Crippen molar-refractivity contribution in [3.8, 4) is 23.0 Å². The highest BCUT2D eigenvalue weighted by Gasteiger charge is 2.32. The van der Waals surface area contributed by atoms with E-state index in [9.17, 15) is 9.59 Å². The molecule has 35 heavy (non-hydrogen) atoms. The maximum atomic E-state index is 13.3. The van der Waals surface area contributed by atoms with Crippen LogP contribution in [0, 0.1) is 0 Å². The molecule has 190 valence electrons. The van der Waals surface area contributed by atoms with Crippen LogP contribution in [0.25, 0.3) is 0 Å². The van der Waals surface area contributed by atoms with Crippen molar-refractivity contribution in [3.05, 3.63) is 35.4 Å². The van der Waals surface area contributed by atoms with E-state index in [0.717, 1.165) is 4.42 Å². The summed E-state index contributed by atoms with van der Waals surface area (Å²) < 4.78 is 23.1. The average Bonchev–Trinajstić information content (AvgIpc) is 2.82. The smallest absolute Gasteiger partial charge is 0.276 e. The first kappa shape index (κ1) is 28.2. The van der Waals surface area contributed by atoms with Gasteiger partial charge in [-0.1, -0.05) is 17.7 Å². The van der Waals surface area contributed by atoms with Gasteiger partial charge in [-0.2, -0.15) is 10.2 Å². The minimum atomic E-state index is -1.53. The molecule has 2 aromatic rings. The van der Waals surface area contributed by atoms with E-state index >= 15 is 0 Å². The number of azo groups is 1. The van der Waals surface area contributed by atoms with Gasteiger partial charge >= 0.3 is 0 Å². The summed E-state index contributed by atoms with van der Waals surface area (Å²) in [6, 6.07) is 6.53. The number of hydrogen-bond acceptors (Lipinski definition) is 8. The van der Waals surface area contributed by atoms with E-state index in [1.54, 1.807) is 39.0 Å². The molecule has 2 rings (SSSR count). The van der Waals surface area contributed by atoms with Gasteiger partial charge in [0, 0.05) is 23.9 Å². The van der Waals surface area contributed by atoms with Crippen LogP contribution in [0.3, 0.4) is 0 Å². The first-order valence-corrected chi connectivity index (χ1v) is 11.9. The van der Waals surface area contributed by atoms with E-state index < -0.39 is 17.7 Å². The molecular formula is C24H29Cl2N3O6. The lowest BCUT2D eigenvalue weighted by atomic mass is 10.2. The number of rotatable bonds is 13. The van der Waals surface area contributed by atoms with E-state index in [0.29, 0.717) is 54.4 Å². The first-order chi connectivity index (χ1) is 16.8. The number of ketones is 1. The Kier molecular flexibility index (Phi) is 11.1. The summed E-state index contributed by atoms with van der Waals surface area (Å²) in [4.78, 5) is 25.7. The zero-order valence-electron chi connectivity index (χ0n) is 20.3. The molecule has 0 N–H and O–H groups in total. The molecule has 0 bridgehead atoms. The minimum absolute atomic E-state index is 0.171. The van der Waals surface area contributed by atoms with Gasteiger partial charge in [-0.3, -0.25) is 9.59 Å². The van der Waals surface area contributed by atoms with Crippen LogP contribution in [-0.2, 0) is 9.59 Å². The Morgan fingerprint density at radius 1 is 0.886 bits per heavy atom. The third-order valence-electron chi connectivity index (χ3n) is 4.46. The van der Waals surface area contributed by atoms with Crippen LogP contribution in [0.1, 0.15) is 34.6 Å². The Morgan fingerprint density at radius 3 is 1.91 bits per heavy atom. The van der Waals surface area contributed by atoms with Gasteiger partial charge in [-0.15, -0.1) is 0 Å². The third kappa shape index (κ3) is 7.22. The molecule has 0 aromatic heterocycles. The molecule has 0 saturated carbocycles. The Bertz CT molecular complexity index is 1040. The van der Waals surface area contributed by atoms with Gasteiger partial charge in [0.15, 0.2) is 5.78 Å². The number of para-hydroxylation sites is 1. The lowest BCUT2D eigenvalue weighted by Crippen LogP contribution is -2.36. The molecule has 0 heterocycles. The summed E-state index contributed by atoms with van der Waals surface area (Å²) in [5.41, 5.74) is 0.411. The van der Waals surface area contributed by atoms with E-state index in [-0.39, 0.29) is 11.4 Å². The second-order valence-electron chi connectivity index (χ2n) is 6.93. The van der Waals surface area contributed by atoms with Gasteiger partial charge < -0.3 is 18.9 Å². The zero-order valence-corrected chi connectivity index (χ0v) is 21.9. The van der Waals surface area contributed by atoms with Crippen LogP contribution in [0.15, 0.2) is 40.6 Å². The minimum Gasteiger partial charge on any atom is -0.492 e. The standard InChI is InChI=1S/C24H29Cl2N3O6/c1-6-32-18-11-10-12-19(33-7-2)23(18)29(26)24(31)22(15(5)30)28-27-17-14-20(34-8-3)16(25)13-21(17)35-9-4/h10-14,22H,6-9H2,1-5H3. The van der Waals surface area contributed by atoms with Gasteiger partial charge in [0.25, 0.3) is 5.91 Å². The summed E-state index contributed by atoms with van der Waals surface area (Å²) in [6.45, 7) is 9.79. The highest BCUT2D eigenvalue weighted by molar-refractivity contribution is 6.40. The molecule has 0 fully saturated rings. The van der Waals surface area contributed by atoms with Crippen molar-refractivity contribution in [2.45, 2.75) is 40.7 Å². The van der Waals surface area contributed by atoms with Crippen molar-refractivity contribution in [2.24, 2.45) is 10.2 Å². The predicted octanol–water partition coefficient (Wildman–Crippen LogP) is 6.16. The summed E-state index contributed by atoms with van der Waals surface area (Å²) >= 11 is 12.7. The van der Waals surface area contributed by atoms with Gasteiger partial charge in [0.2, 0.25) is 6.04 Å². The maximum Gasteiger partial charge on any atom is 0.276 e. The van der Waals surface area contributed by atoms with Crippen LogP contribution in [0.2, 0.25) is 5.02 Å². The Morgan fingerprint density at radius 2 is 1.40 bits per heavy atom. The number of nitrogens with zero attached hydrogens (tertiary/aromatic N) is 3. The first-order valence-electron chi connectivity index (χ1n) is 11.2. The number of Topliss-reactive ketones (excluding diaryl/α,β-unsaturated/α-hetero) is 1. The van der Waals surface area contributed by atoms with Gasteiger partial charge in [-0.25, -0.2) is 4.42 Å². The van der Waals surface area contributed by atoms with Crippen LogP contribution < -0.4 is 23.4 Å². The SMILES string of the molecule is CCOc1cc(N=NC(C(C)=O)C(=O)N(Cl)c2c(OCC)cccc2OCC)c(OCC)cc1Cl. The molecule has 1 atom stereocenters. The average molecular weight is 526 g/mol. The number of carbonyl (C=O) groups is 2. The second-order valence-corrected chi connectivity index (χ2v) is 7.68. The van der Waals surface area contributed by atoms with E-state index in [1.807, 2.05) is 6.92 Å². The lowest BCUT2D eigenvalue weighted by Gasteiger charge is -2.22. The number of carbonyl (C=O) groups excluding carboxylic acids is 2. The van der Waals surface area contributed by atoms with Crippen LogP contribution >= 0.6 is 23.4 Å². The number of amides is 1. The fourth-order valence-electron chi connectivity index (χ4n) is 3.02. The van der Waals surface area contributed by atoms with E-state index in [2.05, 4.69) is 10.2 Å². The van der Waals surface area contributed by atoms with Crippen molar-refractivity contribution >= 4 is 46.4 Å². The van der Waals surface area contributed by atoms with Gasteiger partial charge in [0.1, 0.15) is 34.4 Å². The molecule has 0 aliphatic carbocycles. The number of anilines is 1. The normalized spacial score (nSPS) is 11.7. The molecule has 1 unspecified atom stereocenters. The lowest BCUT2D eigenvalue weighted by molar-refractivity contribution is -0.126. The summed E-state index contributed by atoms with van der Waals surface area (Å²) in [5, 5.41) is 8.45. The second kappa shape index (κ2) is 13.7. The maximum absolute atomic E-state index is 13.3. The predicted molar refractivity (Wildman–Crippen MR) is 135 cm³/mol. The largest absolute Gasteiger partial charge is 0.492 e. The van der Waals surface area contributed by atoms with Crippen molar-refractivity contribution in [2.75, 3.05) is 30.8 Å². The van der Waals surface area contributed by atoms with Crippen LogP contribution in [0.5, 0.6) is 23.0 Å². The zero-order chi connectivity index (χ0) is 26.0. The number of ether oxygens (including phenoxy) is 4. The highest BCUT2D eigenvalue weighted by Crippen LogP contribution is 2.41. The molecule has 11 heteroatoms. The van der Waals surface area contributed by atoms with Crippen LogP contribution in [0.4, 0.5) is 11.4 Å². The molecule has 0 radical (unpaired) electrons. The van der Waals surface area contributed by atoms with Crippen molar-refractivity contribution in [1.82, 2.24) is 0 Å². The van der Waals surface area contributed by atoms with Crippen molar-refractivity contribution in [1.29, 1.82) is 0 Å². The Labute approximate surface area is 215 Å². The van der Waals surface area contributed by atoms with Crippen LogP contribution in [-0.4, -0.2) is 44.2 Å². The Balaban J connectivity index is 2.47. The van der Waals surface area contributed by atoms with Gasteiger partial charge in [-0.05, 0) is 46.8 Å². The fraction of sp³-hybridized carbons (Fsp3) is 0.417. The summed E-state index contributed by atoms with van der Waals surface area (Å²) in [6.07, 6.45) is 0. The molecule has 0 aliphatic rings. The molecule has 1 amide bonds. The highest BCUT2D eigenvalue weighted by atomic mass is 35.5. The quantitative estimate of drug-likeness (QED) is 0.176. The molecule has 0 saturated heterocycles. The molecule has 9 nitrogen and oxygen atoms in total. The number of hydrogen-bond donors (Lipinski definition) is 0. The van der Waals surface area contributed by atoms with Crippen molar-refractivity contribution < 1.29 is 28.5 Å². The number of benzene rings is 2. The molecule has 2 aromatic carbocycles. The third-order valence-corrected chi connectivity index (χ3v) is 5.10. The monoisotopic (exact) mass is 525 g/mol. The van der Waals surface area contributed by atoms with E-state index in [4.69, 9.17) is 42.3 Å². The molecule has 0 aliphatic heterocycles. The topological polar surface area (TPSA) is 99.0 Å². The van der Waals surface area contributed by atoms with E-state index in [1.165, 1.54) is 19.1 Å². The molecule has 0 spiro atoms. The fourth-order valence-corrected chi connectivity index (χ4v) is 3.49. The summed E-state index contributed by atoms with van der Waals surface area (Å²) in [7, 11) is 0. The summed E-state index contributed by atoms with van der Waals surface area (Å²) in [5.74, 6) is -0.0654. The number of halogens is 2. The molecular weight excluding hydrogens is 497 g/mol. The Hall–Kier alpha value is -3.04. The van der Waals surface area contributed by atoms with Crippen molar-refractivity contribution in [3.63, 3.8) is 0 Å². The van der Waals surface area contributed by atoms with Gasteiger partial charge in [0.05, 0.1) is 31.5 Å².